The van der Waals surface area contributed by atoms with Crippen LogP contribution < -0.4 is 10.6 Å². The van der Waals surface area contributed by atoms with Crippen LogP contribution in [0.3, 0.4) is 0 Å². The van der Waals surface area contributed by atoms with Crippen molar-refractivity contribution in [3.8, 4) is 5.75 Å². The summed E-state index contributed by atoms with van der Waals surface area (Å²) in [5.41, 5.74) is 0.606. The molecule has 3 fully saturated rings. The van der Waals surface area contributed by atoms with Gasteiger partial charge in [0.1, 0.15) is 11.8 Å². The largest absolute Gasteiger partial charge is 0.506 e. The highest BCUT2D eigenvalue weighted by Crippen LogP contribution is 2.40. The second-order valence-electron chi connectivity index (χ2n) is 13.2. The zero-order valence-corrected chi connectivity index (χ0v) is 27.9. The number of urea groups is 2. The third-order valence-corrected chi connectivity index (χ3v) is 10.4. The molecular formula is C34H42ClF3N6O5. The highest BCUT2D eigenvalue weighted by Gasteiger charge is 2.38. The molecule has 11 nitrogen and oxygen atoms in total. The Morgan fingerprint density at radius 2 is 1.73 bits per heavy atom. The summed E-state index contributed by atoms with van der Waals surface area (Å²) in [5.74, 6) is -1.49. The lowest BCUT2D eigenvalue weighted by atomic mass is 10.0. The van der Waals surface area contributed by atoms with E-state index in [1.165, 1.54) is 6.07 Å². The highest BCUT2D eigenvalue weighted by atomic mass is 35.5. The molecule has 3 saturated heterocycles. The van der Waals surface area contributed by atoms with E-state index < -0.39 is 40.5 Å². The lowest BCUT2D eigenvalue weighted by Crippen LogP contribution is -2.59. The van der Waals surface area contributed by atoms with Crippen molar-refractivity contribution in [1.29, 1.82) is 0 Å². The maximum atomic E-state index is 14.0. The van der Waals surface area contributed by atoms with Crippen molar-refractivity contribution >= 4 is 35.3 Å². The van der Waals surface area contributed by atoms with Gasteiger partial charge < -0.3 is 35.2 Å². The molecule has 0 radical (unpaired) electrons. The third kappa shape index (κ3) is 8.18. The fourth-order valence-electron chi connectivity index (χ4n) is 7.32. The number of carbonyl (C=O) groups excluding carboxylic acids is 3. The lowest BCUT2D eigenvalue weighted by Gasteiger charge is -2.41. The molecule has 1 unspecified atom stereocenters. The summed E-state index contributed by atoms with van der Waals surface area (Å²) in [6.45, 7) is 4.64. The van der Waals surface area contributed by atoms with Crippen molar-refractivity contribution < 1.29 is 37.4 Å². The Morgan fingerprint density at radius 3 is 2.43 bits per heavy atom. The van der Waals surface area contributed by atoms with Gasteiger partial charge >= 0.3 is 18.2 Å². The molecule has 2 aromatic carbocycles. The van der Waals surface area contributed by atoms with E-state index in [9.17, 15) is 32.7 Å². The van der Waals surface area contributed by atoms with Gasteiger partial charge in [-0.3, -0.25) is 9.69 Å². The van der Waals surface area contributed by atoms with Crippen LogP contribution in [0, 0.1) is 0 Å². The van der Waals surface area contributed by atoms with Crippen molar-refractivity contribution in [3.63, 3.8) is 0 Å². The number of halogens is 4. The average Bonchev–Trinajstić information content (AvgIpc) is 3.27. The van der Waals surface area contributed by atoms with Crippen molar-refractivity contribution in [2.45, 2.75) is 62.8 Å². The van der Waals surface area contributed by atoms with Crippen LogP contribution in [-0.4, -0.2) is 120 Å². The first-order chi connectivity index (χ1) is 23.5. The SMILES string of the molecule is O=C(N[C@H](Cc1cc(Cl)c(O)c(C(F)(F)F)c1)C(=O)N1CCN(C2CCCOC2)CC1)N1CCC(N2CCc3ccccc3NC2=O)CC1. The molecule has 5 amide bonds. The predicted molar refractivity (Wildman–Crippen MR) is 177 cm³/mol. The number of hydrogen-bond donors (Lipinski definition) is 3. The minimum atomic E-state index is -4.87. The first-order valence-electron chi connectivity index (χ1n) is 16.9. The van der Waals surface area contributed by atoms with Crippen LogP contribution >= 0.6 is 11.6 Å². The standard InChI is InChI=1S/C34H42ClF3N6O5/c35-27-19-22(18-26(30(27)45)34(36,37)38)20-29(31(46)42-15-13-41(14-16-42)25-5-3-17-49-21-25)40-32(47)43-10-8-24(9-11-43)44-12-7-23-4-1-2-6-28(23)39-33(44)48/h1-2,4,6,18-19,24-25,29,45H,3,5,7-17,20-21H2,(H,39,48)(H,40,47)/t25?,29-/m1/s1. The van der Waals surface area contributed by atoms with Crippen molar-refractivity contribution in [2.75, 3.05) is 64.3 Å². The molecule has 0 bridgehead atoms. The van der Waals surface area contributed by atoms with Gasteiger partial charge in [0.15, 0.2) is 0 Å². The van der Waals surface area contributed by atoms with E-state index in [-0.39, 0.29) is 30.1 Å². The monoisotopic (exact) mass is 706 g/mol. The maximum absolute atomic E-state index is 14.0. The fourth-order valence-corrected chi connectivity index (χ4v) is 7.57. The molecule has 266 valence electrons. The number of phenols is 1. The number of nitrogens with zero attached hydrogens (tertiary/aromatic N) is 4. The second-order valence-corrected chi connectivity index (χ2v) is 13.6. The zero-order chi connectivity index (χ0) is 34.7. The number of fused-ring (bicyclic) bond motifs is 1. The number of amides is 5. The van der Waals surface area contributed by atoms with Crippen LogP contribution in [0.4, 0.5) is 28.4 Å². The van der Waals surface area contributed by atoms with Crippen LogP contribution in [0.15, 0.2) is 36.4 Å². The highest BCUT2D eigenvalue weighted by molar-refractivity contribution is 6.32. The zero-order valence-electron chi connectivity index (χ0n) is 27.2. The number of nitrogens with one attached hydrogen (secondary N) is 2. The smallest absolute Gasteiger partial charge is 0.420 e. The Labute approximate surface area is 288 Å². The van der Waals surface area contributed by atoms with Gasteiger partial charge in [-0.1, -0.05) is 29.8 Å². The number of alkyl halides is 3. The summed E-state index contributed by atoms with van der Waals surface area (Å²) in [6.07, 6.45) is -1.36. The molecule has 4 aliphatic rings. The Morgan fingerprint density at radius 1 is 1.00 bits per heavy atom. The average molecular weight is 707 g/mol. The molecule has 3 N–H and O–H groups in total. The van der Waals surface area contributed by atoms with E-state index in [4.69, 9.17) is 16.3 Å². The van der Waals surface area contributed by atoms with E-state index in [2.05, 4.69) is 15.5 Å². The number of benzene rings is 2. The van der Waals surface area contributed by atoms with E-state index in [0.29, 0.717) is 71.7 Å². The van der Waals surface area contributed by atoms with Gasteiger partial charge in [-0.2, -0.15) is 13.2 Å². The molecule has 15 heteroatoms. The van der Waals surface area contributed by atoms with Crippen molar-refractivity contribution in [3.05, 3.63) is 58.1 Å². The number of phenolic OH excluding ortho intramolecular Hbond substituents is 1. The Bertz CT molecular complexity index is 1520. The number of anilines is 1. The number of carbonyl (C=O) groups is 3. The first-order valence-corrected chi connectivity index (χ1v) is 17.3. The molecule has 0 saturated carbocycles. The van der Waals surface area contributed by atoms with Crippen molar-refractivity contribution in [2.24, 2.45) is 0 Å². The second kappa shape index (κ2) is 15.0. The summed E-state index contributed by atoms with van der Waals surface area (Å²) in [6, 6.07) is 7.97. The van der Waals surface area contributed by atoms with Gasteiger partial charge in [0.05, 0.1) is 17.2 Å². The molecule has 2 aromatic rings. The summed E-state index contributed by atoms with van der Waals surface area (Å²) < 4.78 is 46.8. The van der Waals surface area contributed by atoms with Gasteiger partial charge in [-0.05, 0) is 61.4 Å². The third-order valence-electron chi connectivity index (χ3n) is 10.1. The first kappa shape index (κ1) is 35.1. The normalized spacial score (nSPS) is 21.8. The van der Waals surface area contributed by atoms with E-state index in [1.807, 2.05) is 29.2 Å². The van der Waals surface area contributed by atoms with Gasteiger partial charge in [-0.15, -0.1) is 0 Å². The molecule has 4 heterocycles. The lowest BCUT2D eigenvalue weighted by molar-refractivity contribution is -0.138. The fraction of sp³-hybridized carbons (Fsp3) is 0.559. The summed E-state index contributed by atoms with van der Waals surface area (Å²) in [7, 11) is 0. The Kier molecular flexibility index (Phi) is 10.8. The van der Waals surface area contributed by atoms with E-state index in [0.717, 1.165) is 36.8 Å². The van der Waals surface area contributed by atoms with Gasteiger partial charge in [0.2, 0.25) is 5.91 Å². The van der Waals surface area contributed by atoms with Crippen molar-refractivity contribution in [1.82, 2.24) is 24.9 Å². The van der Waals surface area contributed by atoms with Crippen LogP contribution in [-0.2, 0) is 28.5 Å². The van der Waals surface area contributed by atoms with Crippen LogP contribution in [0.25, 0.3) is 0 Å². The Hall–Kier alpha value is -3.75. The topological polar surface area (TPSA) is 118 Å². The molecule has 6 rings (SSSR count). The molecule has 49 heavy (non-hydrogen) atoms. The number of rotatable bonds is 6. The van der Waals surface area contributed by atoms with Gasteiger partial charge in [-0.25, -0.2) is 9.59 Å². The van der Waals surface area contributed by atoms with E-state index in [1.54, 1.807) is 9.80 Å². The van der Waals surface area contributed by atoms with E-state index >= 15 is 0 Å². The number of piperidine rings is 1. The summed E-state index contributed by atoms with van der Waals surface area (Å²) in [5, 5.41) is 15.3. The van der Waals surface area contributed by atoms with Gasteiger partial charge in [0.25, 0.3) is 0 Å². The molecular weight excluding hydrogens is 665 g/mol. The van der Waals surface area contributed by atoms with Crippen LogP contribution in [0.1, 0.15) is 42.4 Å². The quantitative estimate of drug-likeness (QED) is 0.406. The molecule has 0 aromatic heterocycles. The maximum Gasteiger partial charge on any atom is 0.420 e. The summed E-state index contributed by atoms with van der Waals surface area (Å²) >= 11 is 5.99. The number of piperazine rings is 1. The summed E-state index contributed by atoms with van der Waals surface area (Å²) in [4.78, 5) is 47.9. The molecule has 2 atom stereocenters. The minimum Gasteiger partial charge on any atom is -0.506 e. The number of para-hydroxylation sites is 1. The van der Waals surface area contributed by atoms with Gasteiger partial charge in [0, 0.05) is 76.6 Å². The van der Waals surface area contributed by atoms with Crippen LogP contribution in [0.2, 0.25) is 5.02 Å². The molecule has 4 aliphatic heterocycles. The number of aromatic hydroxyl groups is 1. The minimum absolute atomic E-state index is 0.0543. The molecule has 0 aliphatic carbocycles. The molecule has 0 spiro atoms. The number of hydrogen-bond acceptors (Lipinski definition) is 6. The predicted octanol–water partition coefficient (Wildman–Crippen LogP) is 4.56. The Balaban J connectivity index is 1.12. The number of likely N-dealkylation sites (tertiary alicyclic amines) is 1. The number of ether oxygens (including phenoxy) is 1. The van der Waals surface area contributed by atoms with Crippen LogP contribution in [0.5, 0.6) is 5.75 Å².